The van der Waals surface area contributed by atoms with Crippen molar-refractivity contribution in [2.45, 2.75) is 32.4 Å². The zero-order chi connectivity index (χ0) is 11.2. The Morgan fingerprint density at radius 3 is 2.56 bits per heavy atom. The second kappa shape index (κ2) is 6.02. The van der Waals surface area contributed by atoms with Gasteiger partial charge in [0.25, 0.3) is 0 Å². The van der Waals surface area contributed by atoms with Crippen LogP contribution in [-0.2, 0) is 6.54 Å². The summed E-state index contributed by atoms with van der Waals surface area (Å²) in [6.45, 7) is 7.03. The number of nitrogens with one attached hydrogen (secondary N) is 1. The van der Waals surface area contributed by atoms with E-state index < -0.39 is 0 Å². The maximum absolute atomic E-state index is 3.58. The number of rotatable bonds is 5. The third-order valence-electron chi connectivity index (χ3n) is 3.23. The first-order valence-corrected chi connectivity index (χ1v) is 6.34. The van der Waals surface area contributed by atoms with E-state index >= 15 is 0 Å². The second-order valence-electron chi connectivity index (χ2n) is 4.78. The summed E-state index contributed by atoms with van der Waals surface area (Å²) in [5.74, 6) is 0. The van der Waals surface area contributed by atoms with Crippen molar-refractivity contribution in [2.75, 3.05) is 19.6 Å². The second-order valence-corrected chi connectivity index (χ2v) is 4.78. The van der Waals surface area contributed by atoms with Gasteiger partial charge in [0.05, 0.1) is 0 Å². The molecule has 0 bridgehead atoms. The minimum atomic E-state index is 0.582. The Labute approximate surface area is 98.7 Å². The summed E-state index contributed by atoms with van der Waals surface area (Å²) in [5.41, 5.74) is 1.37. The molecular weight excluding hydrogens is 196 g/mol. The van der Waals surface area contributed by atoms with Crippen LogP contribution in [0.25, 0.3) is 0 Å². The van der Waals surface area contributed by atoms with Gasteiger partial charge in [0.2, 0.25) is 0 Å². The van der Waals surface area contributed by atoms with E-state index in [0.29, 0.717) is 6.04 Å². The summed E-state index contributed by atoms with van der Waals surface area (Å²) >= 11 is 0. The molecule has 16 heavy (non-hydrogen) atoms. The van der Waals surface area contributed by atoms with Crippen LogP contribution >= 0.6 is 0 Å². The Bertz CT molecular complexity index is 291. The molecule has 1 aromatic rings. The summed E-state index contributed by atoms with van der Waals surface area (Å²) in [6, 6.07) is 11.2. The molecule has 1 aromatic carbocycles. The van der Waals surface area contributed by atoms with Crippen LogP contribution in [0.3, 0.4) is 0 Å². The molecule has 88 valence electrons. The number of hydrogen-bond acceptors (Lipinski definition) is 2. The van der Waals surface area contributed by atoms with Gasteiger partial charge in [0.1, 0.15) is 0 Å². The first-order valence-electron chi connectivity index (χ1n) is 6.34. The van der Waals surface area contributed by atoms with Gasteiger partial charge >= 0.3 is 0 Å². The molecule has 1 saturated heterocycles. The maximum atomic E-state index is 3.58. The van der Waals surface area contributed by atoms with Crippen LogP contribution < -0.4 is 5.32 Å². The number of likely N-dealkylation sites (tertiary alicyclic amines) is 1. The first-order chi connectivity index (χ1) is 7.84. The number of benzene rings is 1. The monoisotopic (exact) mass is 218 g/mol. The molecule has 1 aliphatic rings. The summed E-state index contributed by atoms with van der Waals surface area (Å²) in [5, 5.41) is 3.58. The van der Waals surface area contributed by atoms with Crippen LogP contribution in [0.5, 0.6) is 0 Å². The van der Waals surface area contributed by atoms with Gasteiger partial charge in [0.15, 0.2) is 0 Å². The van der Waals surface area contributed by atoms with E-state index in [0.717, 1.165) is 6.54 Å². The Balaban J connectivity index is 1.69. The van der Waals surface area contributed by atoms with Crippen LogP contribution in [0, 0.1) is 0 Å². The van der Waals surface area contributed by atoms with E-state index in [9.17, 15) is 0 Å². The van der Waals surface area contributed by atoms with Gasteiger partial charge in [-0.3, -0.25) is 0 Å². The Hall–Kier alpha value is -0.860. The first kappa shape index (κ1) is 11.6. The fraction of sp³-hybridized carbons (Fsp3) is 0.571. The zero-order valence-electron chi connectivity index (χ0n) is 10.2. The molecule has 1 fully saturated rings. The topological polar surface area (TPSA) is 15.3 Å². The van der Waals surface area contributed by atoms with Gasteiger partial charge < -0.3 is 10.2 Å². The van der Waals surface area contributed by atoms with Gasteiger partial charge in [-0.1, -0.05) is 30.3 Å². The minimum absolute atomic E-state index is 0.582. The van der Waals surface area contributed by atoms with E-state index in [1.807, 2.05) is 0 Å². The van der Waals surface area contributed by atoms with Crippen molar-refractivity contribution >= 4 is 0 Å². The van der Waals surface area contributed by atoms with Crippen LogP contribution in [0.2, 0.25) is 0 Å². The third kappa shape index (κ3) is 3.62. The maximum Gasteiger partial charge on any atom is 0.0208 e. The van der Waals surface area contributed by atoms with Crippen LogP contribution in [-0.4, -0.2) is 30.6 Å². The van der Waals surface area contributed by atoms with E-state index in [4.69, 9.17) is 0 Å². The molecule has 2 rings (SSSR count). The molecule has 1 heterocycles. The molecule has 0 spiro atoms. The SMILES string of the molecule is C[C@@H](CN1CCCC1)NCc1ccccc1. The molecule has 1 aliphatic heterocycles. The summed E-state index contributed by atoms with van der Waals surface area (Å²) < 4.78 is 0. The van der Waals surface area contributed by atoms with Gasteiger partial charge in [-0.15, -0.1) is 0 Å². The summed E-state index contributed by atoms with van der Waals surface area (Å²) in [4.78, 5) is 2.56. The Kier molecular flexibility index (Phi) is 4.37. The van der Waals surface area contributed by atoms with Crippen LogP contribution in [0.4, 0.5) is 0 Å². The average Bonchev–Trinajstić information content (AvgIpc) is 2.81. The van der Waals surface area contributed by atoms with E-state index in [1.54, 1.807) is 0 Å². The number of hydrogen-bond donors (Lipinski definition) is 1. The minimum Gasteiger partial charge on any atom is -0.309 e. The highest BCUT2D eigenvalue weighted by molar-refractivity contribution is 5.14. The summed E-state index contributed by atoms with van der Waals surface area (Å²) in [7, 11) is 0. The average molecular weight is 218 g/mol. The van der Waals surface area contributed by atoms with Crippen molar-refractivity contribution < 1.29 is 0 Å². The van der Waals surface area contributed by atoms with Gasteiger partial charge in [0, 0.05) is 19.1 Å². The van der Waals surface area contributed by atoms with Gasteiger partial charge in [-0.2, -0.15) is 0 Å². The smallest absolute Gasteiger partial charge is 0.0208 e. The molecule has 1 N–H and O–H groups in total. The highest BCUT2D eigenvalue weighted by atomic mass is 15.2. The van der Waals surface area contributed by atoms with Gasteiger partial charge in [-0.05, 0) is 38.4 Å². The Morgan fingerprint density at radius 1 is 1.19 bits per heavy atom. The lowest BCUT2D eigenvalue weighted by molar-refractivity contribution is 0.298. The highest BCUT2D eigenvalue weighted by Gasteiger charge is 2.13. The molecule has 2 heteroatoms. The van der Waals surface area contributed by atoms with E-state index in [1.165, 1.54) is 38.0 Å². The lowest BCUT2D eigenvalue weighted by Gasteiger charge is -2.21. The molecular formula is C14H22N2. The van der Waals surface area contributed by atoms with Crippen molar-refractivity contribution in [1.82, 2.24) is 10.2 Å². The number of nitrogens with zero attached hydrogens (tertiary/aromatic N) is 1. The predicted octanol–water partition coefficient (Wildman–Crippen LogP) is 2.26. The molecule has 2 nitrogen and oxygen atoms in total. The molecule has 0 aromatic heterocycles. The van der Waals surface area contributed by atoms with Crippen molar-refractivity contribution in [2.24, 2.45) is 0 Å². The molecule has 1 atom stereocenters. The lowest BCUT2D eigenvalue weighted by atomic mass is 10.2. The van der Waals surface area contributed by atoms with Crippen LogP contribution in [0.15, 0.2) is 30.3 Å². The largest absolute Gasteiger partial charge is 0.309 e. The molecule has 0 aliphatic carbocycles. The van der Waals surface area contributed by atoms with Crippen molar-refractivity contribution in [3.8, 4) is 0 Å². The quantitative estimate of drug-likeness (QED) is 0.815. The molecule has 0 radical (unpaired) electrons. The van der Waals surface area contributed by atoms with E-state index in [-0.39, 0.29) is 0 Å². The normalized spacial score (nSPS) is 18.8. The molecule has 0 saturated carbocycles. The van der Waals surface area contributed by atoms with Crippen molar-refractivity contribution in [3.05, 3.63) is 35.9 Å². The van der Waals surface area contributed by atoms with Crippen molar-refractivity contribution in [3.63, 3.8) is 0 Å². The zero-order valence-corrected chi connectivity index (χ0v) is 10.2. The fourth-order valence-electron chi connectivity index (χ4n) is 2.30. The fourth-order valence-corrected chi connectivity index (χ4v) is 2.30. The predicted molar refractivity (Wildman–Crippen MR) is 68.4 cm³/mol. The Morgan fingerprint density at radius 2 is 1.88 bits per heavy atom. The van der Waals surface area contributed by atoms with Crippen molar-refractivity contribution in [1.29, 1.82) is 0 Å². The van der Waals surface area contributed by atoms with Gasteiger partial charge in [-0.25, -0.2) is 0 Å². The standard InChI is InChI=1S/C14H22N2/c1-13(12-16-9-5-6-10-16)15-11-14-7-3-2-4-8-14/h2-4,7-8,13,15H,5-6,9-12H2,1H3/t13-/m0/s1. The summed E-state index contributed by atoms with van der Waals surface area (Å²) in [6.07, 6.45) is 2.76. The van der Waals surface area contributed by atoms with Crippen LogP contribution in [0.1, 0.15) is 25.3 Å². The molecule has 0 amide bonds. The third-order valence-corrected chi connectivity index (χ3v) is 3.23. The lowest BCUT2D eigenvalue weighted by Crippen LogP contribution is -2.37. The molecule has 0 unspecified atom stereocenters. The highest BCUT2D eigenvalue weighted by Crippen LogP contribution is 2.07. The van der Waals surface area contributed by atoms with E-state index in [2.05, 4.69) is 47.5 Å².